The molecule has 3 atom stereocenters. The Morgan fingerprint density at radius 3 is 2.75 bits per heavy atom. The Kier molecular flexibility index (Phi) is 2.43. The largest absolute Gasteiger partial charge is 0.478 e. The Bertz CT molecular complexity index is 735. The van der Waals surface area contributed by atoms with Crippen LogP contribution in [0.15, 0.2) is 42.5 Å². The Morgan fingerprint density at radius 1 is 1.20 bits per heavy atom. The molecule has 0 aliphatic heterocycles. The third-order valence-electron chi connectivity index (χ3n) is 4.63. The van der Waals surface area contributed by atoms with E-state index in [1.54, 1.807) is 6.07 Å². The predicted octanol–water partition coefficient (Wildman–Crippen LogP) is 3.61. The first-order chi connectivity index (χ1) is 9.72. The monoisotopic (exact) mass is 265 g/mol. The fourth-order valence-electron chi connectivity index (χ4n) is 3.68. The van der Waals surface area contributed by atoms with Gasteiger partial charge in [0, 0.05) is 17.0 Å². The highest BCUT2D eigenvalue weighted by Crippen LogP contribution is 2.48. The molecule has 1 saturated carbocycles. The Hall–Kier alpha value is -2.16. The van der Waals surface area contributed by atoms with Gasteiger partial charge in [0.1, 0.15) is 0 Å². The third kappa shape index (κ3) is 1.66. The number of carbonyl (C=O) groups is 1. The predicted molar refractivity (Wildman–Crippen MR) is 76.8 cm³/mol. The molecule has 2 aliphatic carbocycles. The van der Waals surface area contributed by atoms with Gasteiger partial charge in [-0.05, 0) is 36.8 Å². The van der Waals surface area contributed by atoms with Gasteiger partial charge in [-0.15, -0.1) is 0 Å². The fraction of sp³-hybridized carbons (Fsp3) is 0.294. The minimum atomic E-state index is -0.872. The Balaban J connectivity index is 1.88. The van der Waals surface area contributed by atoms with Crippen molar-refractivity contribution >= 4 is 16.9 Å². The molecule has 0 amide bonds. The van der Waals surface area contributed by atoms with E-state index in [-0.39, 0.29) is 0 Å². The molecule has 2 bridgehead atoms. The van der Waals surface area contributed by atoms with E-state index in [0.29, 0.717) is 23.3 Å². The average molecular weight is 265 g/mol. The van der Waals surface area contributed by atoms with Crippen LogP contribution in [0, 0.1) is 11.8 Å². The summed E-state index contributed by atoms with van der Waals surface area (Å²) < 4.78 is 0. The molecular weight excluding hydrogens is 250 g/mol. The maximum Gasteiger partial charge on any atom is 0.336 e. The van der Waals surface area contributed by atoms with Crippen LogP contribution >= 0.6 is 0 Å². The maximum atomic E-state index is 11.5. The number of hydrogen-bond donors (Lipinski definition) is 1. The lowest BCUT2D eigenvalue weighted by atomic mass is 9.89. The van der Waals surface area contributed by atoms with Crippen molar-refractivity contribution in [3.05, 3.63) is 53.7 Å². The molecule has 1 aromatic carbocycles. The SMILES string of the molecule is O=C(O)c1cc([C@@H]2C[C@@H]3C=C[C@H]2C3)nc2ccccc12. The smallest absolute Gasteiger partial charge is 0.336 e. The molecule has 4 rings (SSSR count). The minimum Gasteiger partial charge on any atom is -0.478 e. The van der Waals surface area contributed by atoms with Crippen LogP contribution in [-0.2, 0) is 0 Å². The molecule has 0 radical (unpaired) electrons. The third-order valence-corrected chi connectivity index (χ3v) is 4.63. The van der Waals surface area contributed by atoms with Gasteiger partial charge in [-0.2, -0.15) is 0 Å². The summed E-state index contributed by atoms with van der Waals surface area (Å²) in [5.41, 5.74) is 2.10. The number of nitrogens with zero attached hydrogens (tertiary/aromatic N) is 1. The van der Waals surface area contributed by atoms with Crippen LogP contribution in [-0.4, -0.2) is 16.1 Å². The van der Waals surface area contributed by atoms with E-state index in [1.165, 1.54) is 6.42 Å². The molecule has 1 heterocycles. The molecule has 3 heteroatoms. The topological polar surface area (TPSA) is 50.2 Å². The summed E-state index contributed by atoms with van der Waals surface area (Å²) in [4.78, 5) is 16.2. The molecule has 1 aromatic heterocycles. The quantitative estimate of drug-likeness (QED) is 0.844. The lowest BCUT2D eigenvalue weighted by molar-refractivity contribution is 0.0699. The number of benzene rings is 1. The lowest BCUT2D eigenvalue weighted by Crippen LogP contribution is -2.10. The van der Waals surface area contributed by atoms with Crippen molar-refractivity contribution in [3.63, 3.8) is 0 Å². The minimum absolute atomic E-state index is 0.373. The molecule has 100 valence electrons. The number of aromatic carboxylic acids is 1. The first-order valence-corrected chi connectivity index (χ1v) is 7.03. The number of allylic oxidation sites excluding steroid dienone is 2. The van der Waals surface area contributed by atoms with Gasteiger partial charge in [0.15, 0.2) is 0 Å². The van der Waals surface area contributed by atoms with Gasteiger partial charge in [-0.25, -0.2) is 4.79 Å². The molecule has 1 N–H and O–H groups in total. The fourth-order valence-corrected chi connectivity index (χ4v) is 3.68. The van der Waals surface area contributed by atoms with Crippen molar-refractivity contribution < 1.29 is 9.90 Å². The van der Waals surface area contributed by atoms with Crippen LogP contribution in [0.5, 0.6) is 0 Å². The van der Waals surface area contributed by atoms with Crippen LogP contribution < -0.4 is 0 Å². The number of pyridine rings is 1. The molecule has 1 fully saturated rings. The zero-order valence-electron chi connectivity index (χ0n) is 11.0. The molecule has 0 spiro atoms. The normalized spacial score (nSPS) is 27.3. The summed E-state index contributed by atoms with van der Waals surface area (Å²) in [6.07, 6.45) is 6.86. The van der Waals surface area contributed by atoms with Crippen LogP contribution in [0.25, 0.3) is 10.9 Å². The van der Waals surface area contributed by atoms with E-state index in [1.807, 2.05) is 24.3 Å². The van der Waals surface area contributed by atoms with E-state index < -0.39 is 5.97 Å². The van der Waals surface area contributed by atoms with Crippen LogP contribution in [0.2, 0.25) is 0 Å². The molecule has 3 nitrogen and oxygen atoms in total. The van der Waals surface area contributed by atoms with Gasteiger partial charge in [0.2, 0.25) is 0 Å². The summed E-state index contributed by atoms with van der Waals surface area (Å²) in [6.45, 7) is 0. The van der Waals surface area contributed by atoms with Gasteiger partial charge in [-0.1, -0.05) is 30.4 Å². The van der Waals surface area contributed by atoms with Crippen molar-refractivity contribution in [2.75, 3.05) is 0 Å². The van der Waals surface area contributed by atoms with Gasteiger partial charge in [0.05, 0.1) is 11.1 Å². The summed E-state index contributed by atoms with van der Waals surface area (Å²) in [7, 11) is 0. The van der Waals surface area contributed by atoms with Crippen LogP contribution in [0.3, 0.4) is 0 Å². The highest BCUT2D eigenvalue weighted by atomic mass is 16.4. The van der Waals surface area contributed by atoms with Crippen molar-refractivity contribution in [3.8, 4) is 0 Å². The van der Waals surface area contributed by atoms with Gasteiger partial charge >= 0.3 is 5.97 Å². The second-order valence-electron chi connectivity index (χ2n) is 5.80. The number of rotatable bonds is 2. The highest BCUT2D eigenvalue weighted by molar-refractivity contribution is 6.02. The van der Waals surface area contributed by atoms with Gasteiger partial charge in [-0.3, -0.25) is 4.98 Å². The van der Waals surface area contributed by atoms with Crippen molar-refractivity contribution in [2.24, 2.45) is 11.8 Å². The molecule has 0 saturated heterocycles. The number of para-hydroxylation sites is 1. The van der Waals surface area contributed by atoms with E-state index >= 15 is 0 Å². The van der Waals surface area contributed by atoms with Crippen molar-refractivity contribution in [1.82, 2.24) is 4.98 Å². The lowest BCUT2D eigenvalue weighted by Gasteiger charge is -2.18. The van der Waals surface area contributed by atoms with E-state index in [4.69, 9.17) is 4.98 Å². The standard InChI is InChI=1S/C17H15NO2/c19-17(20)14-9-16(13-8-10-5-6-11(13)7-10)18-15-4-2-1-3-12(14)15/h1-6,9-11,13H,7-8H2,(H,19,20)/t10-,11+,13-/m1/s1. The second kappa shape index (κ2) is 4.17. The van der Waals surface area contributed by atoms with E-state index in [9.17, 15) is 9.90 Å². The van der Waals surface area contributed by atoms with E-state index in [2.05, 4.69) is 12.2 Å². The molecule has 20 heavy (non-hydrogen) atoms. The number of carboxylic acid groups (broad SMARTS) is 1. The molecule has 2 aliphatic rings. The summed E-state index contributed by atoms with van der Waals surface area (Å²) in [5.74, 6) is 0.707. The van der Waals surface area contributed by atoms with Crippen LogP contribution in [0.4, 0.5) is 0 Å². The number of aromatic nitrogens is 1. The molecule has 2 aromatic rings. The van der Waals surface area contributed by atoms with Crippen molar-refractivity contribution in [2.45, 2.75) is 18.8 Å². The van der Waals surface area contributed by atoms with E-state index in [0.717, 1.165) is 23.0 Å². The zero-order valence-corrected chi connectivity index (χ0v) is 11.0. The Morgan fingerprint density at radius 2 is 2.05 bits per heavy atom. The summed E-state index contributed by atoms with van der Waals surface area (Å²) in [5, 5.41) is 10.2. The molecular formula is C17H15NO2. The molecule has 0 unspecified atom stereocenters. The zero-order chi connectivity index (χ0) is 13.7. The first kappa shape index (κ1) is 11.6. The summed E-state index contributed by atoms with van der Waals surface area (Å²) in [6, 6.07) is 9.27. The number of hydrogen-bond acceptors (Lipinski definition) is 2. The Labute approximate surface area is 117 Å². The van der Waals surface area contributed by atoms with Crippen molar-refractivity contribution in [1.29, 1.82) is 0 Å². The van der Waals surface area contributed by atoms with Gasteiger partial charge in [0.25, 0.3) is 0 Å². The highest BCUT2D eigenvalue weighted by Gasteiger charge is 2.37. The maximum absolute atomic E-state index is 11.5. The second-order valence-corrected chi connectivity index (χ2v) is 5.80. The van der Waals surface area contributed by atoms with Crippen LogP contribution in [0.1, 0.15) is 34.8 Å². The first-order valence-electron chi connectivity index (χ1n) is 7.03. The number of fused-ring (bicyclic) bond motifs is 3. The van der Waals surface area contributed by atoms with Gasteiger partial charge < -0.3 is 5.11 Å². The summed E-state index contributed by atoms with van der Waals surface area (Å²) >= 11 is 0. The number of carboxylic acids is 1. The average Bonchev–Trinajstić information content (AvgIpc) is 3.08.